The highest BCUT2D eigenvalue weighted by molar-refractivity contribution is 6.30. The van der Waals surface area contributed by atoms with Crippen molar-refractivity contribution >= 4 is 50.2 Å². The lowest BCUT2D eigenvalue weighted by Gasteiger charge is -2.32. The molecular formula is C44H40ClNO. The predicted molar refractivity (Wildman–Crippen MR) is 201 cm³/mol. The molecule has 47 heavy (non-hydrogen) atoms. The zero-order chi connectivity index (χ0) is 32.7. The van der Waals surface area contributed by atoms with Crippen LogP contribution in [0.2, 0.25) is 5.02 Å². The van der Waals surface area contributed by atoms with Gasteiger partial charge in [-0.15, -0.1) is 0 Å². The van der Waals surface area contributed by atoms with Crippen LogP contribution in [-0.4, -0.2) is 11.3 Å². The van der Waals surface area contributed by atoms with Crippen molar-refractivity contribution in [2.24, 2.45) is 0 Å². The fraction of sp³-hybridized carbons (Fsp3) is 0.205. The quantitative estimate of drug-likeness (QED) is 0.196. The van der Waals surface area contributed by atoms with Crippen LogP contribution in [0.4, 0.5) is 5.69 Å². The van der Waals surface area contributed by atoms with Crippen molar-refractivity contribution in [1.29, 1.82) is 0 Å². The molecule has 0 bridgehead atoms. The summed E-state index contributed by atoms with van der Waals surface area (Å²) < 4.78 is 0. The van der Waals surface area contributed by atoms with Crippen LogP contribution < -0.4 is 5.32 Å². The Morgan fingerprint density at radius 1 is 0.723 bits per heavy atom. The number of carbonyl (C=O) groups is 1. The summed E-state index contributed by atoms with van der Waals surface area (Å²) in [4.78, 5) is 12.7. The summed E-state index contributed by atoms with van der Waals surface area (Å²) in [5, 5.41) is 9.19. The summed E-state index contributed by atoms with van der Waals surface area (Å²) >= 11 is 6.21. The number of hydrogen-bond donors (Lipinski definition) is 1. The second-order valence-electron chi connectivity index (χ2n) is 13.6. The molecule has 2 aliphatic rings. The monoisotopic (exact) mass is 633 g/mol. The molecule has 2 atom stereocenters. The normalized spacial score (nSPS) is 17.9. The van der Waals surface area contributed by atoms with Crippen molar-refractivity contribution in [3.63, 3.8) is 0 Å². The molecule has 8 rings (SSSR count). The van der Waals surface area contributed by atoms with E-state index in [1.165, 1.54) is 60.6 Å². The van der Waals surface area contributed by atoms with Crippen LogP contribution in [0.3, 0.4) is 0 Å². The number of carbonyl (C=O) groups excluding carboxylic acids is 1. The number of hydrogen-bond acceptors (Lipinski definition) is 2. The van der Waals surface area contributed by atoms with Gasteiger partial charge >= 0.3 is 0 Å². The van der Waals surface area contributed by atoms with Gasteiger partial charge in [0.15, 0.2) is 0 Å². The molecule has 0 fully saturated rings. The maximum atomic E-state index is 12.7. The first kappa shape index (κ1) is 31.0. The Bertz CT molecular complexity index is 2140. The van der Waals surface area contributed by atoms with E-state index in [1.807, 2.05) is 12.1 Å². The number of anilines is 1. The maximum absolute atomic E-state index is 12.7. The minimum absolute atomic E-state index is 0.0372. The van der Waals surface area contributed by atoms with Crippen molar-refractivity contribution in [3.8, 4) is 11.1 Å². The van der Waals surface area contributed by atoms with E-state index in [-0.39, 0.29) is 23.2 Å². The van der Waals surface area contributed by atoms with E-state index < -0.39 is 0 Å². The minimum Gasteiger partial charge on any atom is -0.376 e. The van der Waals surface area contributed by atoms with Crippen molar-refractivity contribution in [2.45, 2.75) is 57.9 Å². The van der Waals surface area contributed by atoms with Crippen LogP contribution in [0.25, 0.3) is 38.2 Å². The molecule has 1 aliphatic carbocycles. The molecule has 1 N–H and O–H groups in total. The molecule has 0 saturated heterocycles. The average molecular weight is 634 g/mol. The number of benzene rings is 6. The minimum atomic E-state index is -0.0372. The molecule has 6 aromatic rings. The van der Waals surface area contributed by atoms with Gasteiger partial charge in [0.1, 0.15) is 5.78 Å². The molecule has 0 saturated carbocycles. The van der Waals surface area contributed by atoms with Gasteiger partial charge in [-0.2, -0.15) is 0 Å². The van der Waals surface area contributed by atoms with Crippen LogP contribution in [-0.2, 0) is 4.79 Å². The first-order valence-electron chi connectivity index (χ1n) is 16.6. The van der Waals surface area contributed by atoms with Crippen LogP contribution in [0.1, 0.15) is 74.6 Å². The van der Waals surface area contributed by atoms with Gasteiger partial charge in [0.05, 0.1) is 5.54 Å². The van der Waals surface area contributed by atoms with E-state index in [9.17, 15) is 4.79 Å². The molecule has 6 aromatic carbocycles. The first-order valence-corrected chi connectivity index (χ1v) is 16.9. The fourth-order valence-electron chi connectivity index (χ4n) is 7.79. The van der Waals surface area contributed by atoms with Gasteiger partial charge in [-0.25, -0.2) is 0 Å². The Morgan fingerprint density at radius 3 is 2.13 bits per heavy atom. The Morgan fingerprint density at radius 2 is 1.38 bits per heavy atom. The maximum Gasteiger partial charge on any atom is 0.137 e. The fourth-order valence-corrected chi connectivity index (χ4v) is 7.92. The van der Waals surface area contributed by atoms with Crippen LogP contribution in [0, 0.1) is 0 Å². The smallest absolute Gasteiger partial charge is 0.137 e. The third kappa shape index (κ3) is 5.99. The van der Waals surface area contributed by atoms with Gasteiger partial charge in [0.25, 0.3) is 0 Å². The molecular weight excluding hydrogens is 594 g/mol. The molecule has 1 aliphatic heterocycles. The van der Waals surface area contributed by atoms with Gasteiger partial charge in [-0.05, 0) is 120 Å². The Kier molecular flexibility index (Phi) is 8.24. The number of Topliss-reactive ketones (excluding diaryl/α,β-unsaturated/α-hetero) is 1. The largest absolute Gasteiger partial charge is 0.376 e. The third-order valence-corrected chi connectivity index (χ3v) is 10.1. The Balaban J connectivity index is 0.000000226. The van der Waals surface area contributed by atoms with Crippen molar-refractivity contribution < 1.29 is 4.79 Å². The van der Waals surface area contributed by atoms with E-state index >= 15 is 0 Å². The number of fused-ring (bicyclic) bond motifs is 6. The number of ketones is 1. The van der Waals surface area contributed by atoms with Gasteiger partial charge in [-0.1, -0.05) is 115 Å². The predicted octanol–water partition coefficient (Wildman–Crippen LogP) is 12.2. The Labute approximate surface area is 283 Å². The van der Waals surface area contributed by atoms with E-state index in [2.05, 4.69) is 141 Å². The number of nitrogens with one attached hydrogen (secondary N) is 1. The highest BCUT2D eigenvalue weighted by Gasteiger charge is 2.32. The molecule has 2 unspecified atom stereocenters. The second kappa shape index (κ2) is 12.5. The van der Waals surface area contributed by atoms with Crippen LogP contribution in [0.5, 0.6) is 0 Å². The highest BCUT2D eigenvalue weighted by Crippen LogP contribution is 2.48. The van der Waals surface area contributed by atoms with E-state index in [0.717, 1.165) is 23.4 Å². The van der Waals surface area contributed by atoms with Crippen LogP contribution in [0.15, 0.2) is 127 Å². The molecule has 0 aromatic heterocycles. The summed E-state index contributed by atoms with van der Waals surface area (Å²) in [7, 11) is 0. The number of rotatable bonds is 3. The van der Waals surface area contributed by atoms with Gasteiger partial charge in [0, 0.05) is 28.1 Å². The number of halogens is 1. The van der Waals surface area contributed by atoms with Crippen molar-refractivity contribution in [2.75, 3.05) is 5.32 Å². The summed E-state index contributed by atoms with van der Waals surface area (Å²) in [6.45, 7) is 8.28. The topological polar surface area (TPSA) is 29.1 Å². The Hall–Kier alpha value is -4.66. The van der Waals surface area contributed by atoms with Gasteiger partial charge in [-0.3, -0.25) is 4.79 Å². The molecule has 234 valence electrons. The van der Waals surface area contributed by atoms with Crippen LogP contribution >= 0.6 is 11.6 Å². The number of para-hydroxylation sites is 1. The van der Waals surface area contributed by atoms with E-state index in [0.29, 0.717) is 0 Å². The van der Waals surface area contributed by atoms with E-state index in [1.54, 1.807) is 6.92 Å². The zero-order valence-corrected chi connectivity index (χ0v) is 28.2. The lowest BCUT2D eigenvalue weighted by molar-refractivity contribution is -0.118. The summed E-state index contributed by atoms with van der Waals surface area (Å²) in [6, 6.07) is 42.7. The SMILES string of the molecule is CC(=O)C1CCC(c2ccccc2)c2c1ccc1c2cc(-c2ccc(Cl)cc2)c2ccccc21.CC1=CC(C)(C)Nc2ccccc21. The van der Waals surface area contributed by atoms with Crippen molar-refractivity contribution in [3.05, 3.63) is 155 Å². The standard InChI is InChI=1S/C32H25ClO.C12H15N/c1-20(34)24-15-16-25(21-7-3-2-4-8-21)32-29(24)18-17-28-26-9-5-6-10-27(26)30(19-31(28)32)22-11-13-23(33)14-12-22;1-9-8-12(2,3)13-11-7-5-4-6-10(9)11/h2-14,17-19,24-25H,15-16H2,1H3;4-8,13H,1-3H3. The second-order valence-corrected chi connectivity index (χ2v) is 14.0. The van der Waals surface area contributed by atoms with Gasteiger partial charge in [0.2, 0.25) is 0 Å². The molecule has 0 amide bonds. The molecule has 3 heteroatoms. The summed E-state index contributed by atoms with van der Waals surface area (Å²) in [5.74, 6) is 0.491. The molecule has 1 heterocycles. The summed E-state index contributed by atoms with van der Waals surface area (Å²) in [5.41, 5.74) is 10.2. The van der Waals surface area contributed by atoms with Gasteiger partial charge < -0.3 is 5.32 Å². The molecule has 0 spiro atoms. The zero-order valence-electron chi connectivity index (χ0n) is 27.5. The van der Waals surface area contributed by atoms with Crippen molar-refractivity contribution in [1.82, 2.24) is 0 Å². The first-order chi connectivity index (χ1) is 22.7. The molecule has 0 radical (unpaired) electrons. The average Bonchev–Trinajstić information content (AvgIpc) is 3.07. The van der Waals surface area contributed by atoms with E-state index in [4.69, 9.17) is 11.6 Å². The third-order valence-electron chi connectivity index (χ3n) is 9.82. The molecule has 2 nitrogen and oxygen atoms in total. The lowest BCUT2D eigenvalue weighted by Crippen LogP contribution is -2.31. The number of allylic oxidation sites excluding steroid dienone is 1. The lowest BCUT2D eigenvalue weighted by atomic mass is 9.70. The highest BCUT2D eigenvalue weighted by atomic mass is 35.5. The summed E-state index contributed by atoms with van der Waals surface area (Å²) in [6.07, 6.45) is 4.14.